The van der Waals surface area contributed by atoms with Gasteiger partial charge in [-0.3, -0.25) is 0 Å². The van der Waals surface area contributed by atoms with Crippen LogP contribution in [0.5, 0.6) is 0 Å². The second-order valence-corrected chi connectivity index (χ2v) is 5.01. The molecule has 0 radical (unpaired) electrons. The molecule has 1 N–H and O–H groups in total. The molecule has 1 nitrogen and oxygen atoms in total. The fourth-order valence-electron chi connectivity index (χ4n) is 1.66. The molecule has 0 saturated heterocycles. The minimum atomic E-state index is -7.75. The van der Waals surface area contributed by atoms with Crippen molar-refractivity contribution in [3.8, 4) is 24.7 Å². The van der Waals surface area contributed by atoms with Crippen molar-refractivity contribution >= 4 is 0 Å². The predicted octanol–water partition coefficient (Wildman–Crippen LogP) is 4.21. The Hall–Kier alpha value is -1.76. The highest BCUT2D eigenvalue weighted by atomic mass is 19.4. The van der Waals surface area contributed by atoms with Crippen LogP contribution in [-0.4, -0.2) is 46.7 Å². The zero-order valence-corrected chi connectivity index (χ0v) is 12.1. The van der Waals surface area contributed by atoms with Crippen LogP contribution in [0.3, 0.4) is 0 Å². The van der Waals surface area contributed by atoms with Crippen LogP contribution in [0.25, 0.3) is 0 Å². The molecule has 13 heteroatoms. The van der Waals surface area contributed by atoms with E-state index in [1.807, 2.05) is 0 Å². The van der Waals surface area contributed by atoms with Crippen molar-refractivity contribution in [3.63, 3.8) is 0 Å². The van der Waals surface area contributed by atoms with Crippen LogP contribution < -0.4 is 0 Å². The van der Waals surface area contributed by atoms with Gasteiger partial charge >= 0.3 is 36.0 Å². The fraction of sp³-hybridized carbons (Fsp3) is 0.692. The molecule has 0 unspecified atom stereocenters. The van der Waals surface area contributed by atoms with E-state index in [-0.39, 0.29) is 0 Å². The number of rotatable bonds is 8. The van der Waals surface area contributed by atoms with E-state index in [0.29, 0.717) is 0 Å². The van der Waals surface area contributed by atoms with Crippen molar-refractivity contribution in [1.29, 1.82) is 0 Å². The molecule has 0 spiro atoms. The smallest absolute Gasteiger partial charge is 0.381 e. The van der Waals surface area contributed by atoms with Gasteiger partial charge in [0.15, 0.2) is 5.60 Å². The Morgan fingerprint density at radius 3 is 1.23 bits per heavy atom. The second kappa shape index (κ2) is 6.76. The Morgan fingerprint density at radius 1 is 0.654 bits per heavy atom. The third kappa shape index (κ3) is 3.06. The molecule has 0 atom stereocenters. The van der Waals surface area contributed by atoms with E-state index in [2.05, 4.69) is 12.8 Å². The number of halogens is 12. The molecular weight excluding hydrogens is 400 g/mol. The van der Waals surface area contributed by atoms with Crippen LogP contribution in [0, 0.1) is 24.7 Å². The normalized spacial score (nSPS) is 14.9. The van der Waals surface area contributed by atoms with Gasteiger partial charge in [0, 0.05) is 12.8 Å². The number of hydrogen-bond acceptors (Lipinski definition) is 1. The minimum Gasteiger partial charge on any atom is -0.381 e. The lowest BCUT2D eigenvalue weighted by atomic mass is 9.81. The van der Waals surface area contributed by atoms with Crippen molar-refractivity contribution in [2.75, 3.05) is 0 Å². The molecule has 0 aromatic rings. The highest BCUT2D eigenvalue weighted by molar-refractivity contribution is 5.18. The van der Waals surface area contributed by atoms with Gasteiger partial charge in [-0.2, -0.15) is 43.9 Å². The van der Waals surface area contributed by atoms with Crippen molar-refractivity contribution < 1.29 is 57.8 Å². The van der Waals surface area contributed by atoms with E-state index in [0.717, 1.165) is 11.8 Å². The zero-order chi connectivity index (χ0) is 21.4. The molecule has 0 aliphatic carbocycles. The van der Waals surface area contributed by atoms with Crippen molar-refractivity contribution in [3.05, 3.63) is 0 Å². The summed E-state index contributed by atoms with van der Waals surface area (Å²) in [6.45, 7) is 0. The van der Waals surface area contributed by atoms with Gasteiger partial charge in [-0.15, -0.1) is 24.7 Å². The summed E-state index contributed by atoms with van der Waals surface area (Å²) in [6, 6.07) is 0. The summed E-state index contributed by atoms with van der Waals surface area (Å²) in [5.41, 5.74) is -4.43. The molecular formula is C13H8F12O. The summed E-state index contributed by atoms with van der Waals surface area (Å²) < 4.78 is 157. The second-order valence-electron chi connectivity index (χ2n) is 5.01. The first kappa shape index (κ1) is 24.2. The molecule has 0 aromatic carbocycles. The zero-order valence-electron chi connectivity index (χ0n) is 12.1. The molecule has 0 aliphatic heterocycles. The molecule has 0 amide bonds. The van der Waals surface area contributed by atoms with Gasteiger partial charge in [-0.1, -0.05) is 0 Å². The number of aliphatic hydroxyl groups is 1. The van der Waals surface area contributed by atoms with Crippen LogP contribution in [-0.2, 0) is 0 Å². The Balaban J connectivity index is 6.53. The van der Waals surface area contributed by atoms with Crippen LogP contribution in [0.4, 0.5) is 52.7 Å². The van der Waals surface area contributed by atoms with E-state index >= 15 is 0 Å². The highest BCUT2D eigenvalue weighted by Crippen LogP contribution is 2.60. The molecule has 0 aromatic heterocycles. The molecule has 0 saturated carbocycles. The van der Waals surface area contributed by atoms with Crippen molar-refractivity contribution in [2.24, 2.45) is 0 Å². The number of alkyl halides is 12. The fourth-order valence-corrected chi connectivity index (χ4v) is 1.66. The van der Waals surface area contributed by atoms with Gasteiger partial charge in [-0.25, -0.2) is 8.78 Å². The number of hydrogen-bond donors (Lipinski definition) is 1. The predicted molar refractivity (Wildman–Crippen MR) is 62.6 cm³/mol. The molecule has 0 fully saturated rings. The van der Waals surface area contributed by atoms with E-state index in [1.54, 1.807) is 0 Å². The molecule has 150 valence electrons. The summed E-state index contributed by atoms with van der Waals surface area (Å²) in [5, 5.41) is 9.39. The average Bonchev–Trinajstić information content (AvgIpc) is 2.46. The van der Waals surface area contributed by atoms with Gasteiger partial charge in [0.2, 0.25) is 0 Å². The first-order chi connectivity index (χ1) is 11.3. The maximum Gasteiger partial charge on any atom is 0.384 e. The van der Waals surface area contributed by atoms with Crippen LogP contribution in [0.2, 0.25) is 0 Å². The molecule has 0 rings (SSSR count). The van der Waals surface area contributed by atoms with E-state index < -0.39 is 54.5 Å². The lowest BCUT2D eigenvalue weighted by Crippen LogP contribution is -2.72. The monoisotopic (exact) mass is 408 g/mol. The van der Waals surface area contributed by atoms with E-state index in [9.17, 15) is 57.8 Å². The maximum absolute atomic E-state index is 13.8. The molecule has 0 heterocycles. The quantitative estimate of drug-likeness (QED) is 0.472. The molecule has 0 aliphatic rings. The Morgan fingerprint density at radius 2 is 0.962 bits per heavy atom. The van der Waals surface area contributed by atoms with Gasteiger partial charge in [0.05, 0.1) is 0 Å². The van der Waals surface area contributed by atoms with Gasteiger partial charge < -0.3 is 5.11 Å². The summed E-state index contributed by atoms with van der Waals surface area (Å²) >= 11 is 0. The van der Waals surface area contributed by atoms with Crippen molar-refractivity contribution in [2.45, 2.75) is 54.5 Å². The van der Waals surface area contributed by atoms with E-state index in [4.69, 9.17) is 0 Å². The average molecular weight is 408 g/mol. The van der Waals surface area contributed by atoms with Gasteiger partial charge in [0.25, 0.3) is 0 Å². The molecule has 26 heavy (non-hydrogen) atoms. The SMILES string of the molecule is C#CCC(O)(CC#C)C(F)(F)C(F)(F)C(F)(F)C(F)(F)C(F)(F)C(F)F. The minimum absolute atomic E-state index is 1.15. The Kier molecular flexibility index (Phi) is 6.30. The lowest BCUT2D eigenvalue weighted by molar-refractivity contribution is -0.427. The third-order valence-corrected chi connectivity index (χ3v) is 3.25. The third-order valence-electron chi connectivity index (χ3n) is 3.25. The Bertz CT molecular complexity index is 579. The largest absolute Gasteiger partial charge is 0.384 e. The van der Waals surface area contributed by atoms with Gasteiger partial charge in [-0.05, 0) is 0 Å². The summed E-state index contributed by atoms with van der Waals surface area (Å²) in [6.07, 6.45) is -0.419. The number of terminal acetylenes is 2. The first-order valence-corrected chi connectivity index (χ1v) is 6.08. The summed E-state index contributed by atoms with van der Waals surface area (Å²) in [5.74, 6) is -34.3. The van der Waals surface area contributed by atoms with Crippen LogP contribution in [0.15, 0.2) is 0 Å². The first-order valence-electron chi connectivity index (χ1n) is 6.08. The Labute approximate surface area is 138 Å². The van der Waals surface area contributed by atoms with Gasteiger partial charge in [0.1, 0.15) is 0 Å². The summed E-state index contributed by atoms with van der Waals surface area (Å²) in [4.78, 5) is 0. The lowest BCUT2D eigenvalue weighted by Gasteiger charge is -2.43. The highest BCUT2D eigenvalue weighted by Gasteiger charge is 2.89. The summed E-state index contributed by atoms with van der Waals surface area (Å²) in [7, 11) is 0. The maximum atomic E-state index is 13.8. The van der Waals surface area contributed by atoms with Crippen LogP contribution >= 0.6 is 0 Å². The standard InChI is InChI=1S/C13H8F12O/c1-3-5-8(26,6-4-2)10(18,19)12(22,23)13(24,25)11(20,21)9(16,17)7(14)15/h1-2,7,26H,5-6H2. The molecule has 0 bridgehead atoms. The van der Waals surface area contributed by atoms with Crippen molar-refractivity contribution in [1.82, 2.24) is 0 Å². The van der Waals surface area contributed by atoms with E-state index in [1.165, 1.54) is 0 Å². The van der Waals surface area contributed by atoms with Crippen LogP contribution in [0.1, 0.15) is 12.8 Å². The topological polar surface area (TPSA) is 20.2 Å².